The predicted octanol–water partition coefficient (Wildman–Crippen LogP) is 6.50. The van der Waals surface area contributed by atoms with Crippen LogP contribution in [0.5, 0.6) is 5.88 Å². The van der Waals surface area contributed by atoms with E-state index in [-0.39, 0.29) is 29.3 Å². The number of rotatable bonds is 12. The van der Waals surface area contributed by atoms with Crippen molar-refractivity contribution in [1.29, 1.82) is 0 Å². The summed E-state index contributed by atoms with van der Waals surface area (Å²) in [5.41, 5.74) is -7.09. The second-order valence-electron chi connectivity index (χ2n) is 11.2. The lowest BCUT2D eigenvalue weighted by Gasteiger charge is -2.32. The third kappa shape index (κ3) is 7.24. The molecule has 20 heteroatoms. The van der Waals surface area contributed by atoms with Crippen molar-refractivity contribution >= 4 is 28.9 Å². The molecule has 0 aliphatic carbocycles. The van der Waals surface area contributed by atoms with Gasteiger partial charge in [-0.15, -0.1) is 5.10 Å². The number of hydrogen-bond acceptors (Lipinski definition) is 11. The number of nitro groups is 1. The van der Waals surface area contributed by atoms with Crippen LogP contribution in [0.1, 0.15) is 62.6 Å². The van der Waals surface area contributed by atoms with Crippen molar-refractivity contribution in [2.75, 3.05) is 13.7 Å². The van der Waals surface area contributed by atoms with E-state index in [4.69, 9.17) is 14.2 Å². The Hall–Kier alpha value is -6.34. The van der Waals surface area contributed by atoms with Crippen LogP contribution >= 0.6 is 0 Å². The molecule has 0 saturated heterocycles. The number of pyridine rings is 2. The number of nitro benzene ring substituents is 1. The van der Waals surface area contributed by atoms with Crippen LogP contribution in [0.25, 0.3) is 16.8 Å². The van der Waals surface area contributed by atoms with Crippen LogP contribution in [0.4, 0.5) is 32.0 Å². The van der Waals surface area contributed by atoms with Crippen molar-refractivity contribution in [2.24, 2.45) is 0 Å². The van der Waals surface area contributed by atoms with Crippen molar-refractivity contribution < 1.29 is 59.9 Å². The zero-order chi connectivity index (χ0) is 38.9. The molecule has 0 aliphatic heterocycles. The van der Waals surface area contributed by atoms with E-state index in [1.54, 1.807) is 0 Å². The summed E-state index contributed by atoms with van der Waals surface area (Å²) in [5.74, 6) is -4.91. The molecule has 4 aromatic heterocycles. The zero-order valence-electron chi connectivity index (χ0n) is 27.7. The van der Waals surface area contributed by atoms with E-state index in [0.29, 0.717) is 0 Å². The lowest BCUT2D eigenvalue weighted by atomic mass is 9.95. The number of methoxy groups -OCH3 is 1. The molecule has 0 bridgehead atoms. The molecule has 0 spiro atoms. The first kappa shape index (κ1) is 37.9. The summed E-state index contributed by atoms with van der Waals surface area (Å²) < 4.78 is 103. The van der Waals surface area contributed by atoms with E-state index >= 15 is 0 Å². The zero-order valence-corrected chi connectivity index (χ0v) is 27.7. The molecular weight excluding hydrogens is 722 g/mol. The summed E-state index contributed by atoms with van der Waals surface area (Å²) in [4.78, 5) is 53.2. The predicted molar refractivity (Wildman–Crippen MR) is 169 cm³/mol. The highest BCUT2D eigenvalue weighted by molar-refractivity contribution is 6.17. The maximum absolute atomic E-state index is 14.7. The van der Waals surface area contributed by atoms with Crippen molar-refractivity contribution in [3.05, 3.63) is 105 Å². The van der Waals surface area contributed by atoms with Gasteiger partial charge in [0.15, 0.2) is 0 Å². The standard InChI is InChI=1S/C33H26F6N6O8/c1-4-31(33(37,38)39,53-29(47)19-6-9-21(10-7-19)45(49)50)23-17-43(42-41-23)16-18-12-13-44-22(14-18)25(28(46)32(34,35)36)26(30(48)52-5-2)27(44)20-8-11-24(51-3)40-15-20/h6-15,17H,4-5,16H2,1-3H3. The summed E-state index contributed by atoms with van der Waals surface area (Å²) in [6.07, 6.45) is -8.27. The highest BCUT2D eigenvalue weighted by Crippen LogP contribution is 2.45. The molecule has 0 saturated carbocycles. The largest absolute Gasteiger partial charge is 0.481 e. The Labute approximate surface area is 294 Å². The Morgan fingerprint density at radius 1 is 0.943 bits per heavy atom. The number of nitrogens with zero attached hydrogens (tertiary/aromatic N) is 6. The summed E-state index contributed by atoms with van der Waals surface area (Å²) in [7, 11) is 1.33. The Morgan fingerprint density at radius 2 is 1.64 bits per heavy atom. The van der Waals surface area contributed by atoms with Crippen LogP contribution in [-0.4, -0.2) is 73.1 Å². The minimum absolute atomic E-state index is 0.106. The number of ketones is 1. The summed E-state index contributed by atoms with van der Waals surface area (Å²) in [5, 5.41) is 18.3. The second kappa shape index (κ2) is 14.4. The highest BCUT2D eigenvalue weighted by Gasteiger charge is 2.60. The maximum Gasteiger partial charge on any atom is 0.454 e. The maximum atomic E-state index is 14.7. The van der Waals surface area contributed by atoms with Crippen molar-refractivity contribution in [2.45, 2.75) is 44.8 Å². The number of ether oxygens (including phenoxy) is 3. The van der Waals surface area contributed by atoms with Gasteiger partial charge in [-0.25, -0.2) is 19.3 Å². The Kier molecular flexibility index (Phi) is 10.3. The van der Waals surface area contributed by atoms with Gasteiger partial charge >= 0.3 is 24.3 Å². The molecule has 0 N–H and O–H groups in total. The Balaban J connectivity index is 1.59. The lowest BCUT2D eigenvalue weighted by molar-refractivity contribution is -0.384. The number of aromatic nitrogens is 5. The minimum Gasteiger partial charge on any atom is -0.481 e. The Bertz CT molecular complexity index is 2200. The van der Waals surface area contributed by atoms with Gasteiger partial charge in [0.1, 0.15) is 5.69 Å². The van der Waals surface area contributed by atoms with E-state index in [1.807, 2.05) is 0 Å². The van der Waals surface area contributed by atoms with E-state index in [0.717, 1.165) is 52.5 Å². The number of Topliss-reactive ketones (excluding diaryl/α,β-unsaturated/α-hetero) is 1. The molecule has 0 amide bonds. The van der Waals surface area contributed by atoms with E-state index in [1.165, 1.54) is 44.6 Å². The SMILES string of the molecule is CCOC(=O)c1c(C(=O)C(F)(F)F)c2cc(Cn3cc(C(CC)(OC(=O)c4ccc([N+](=O)[O-])cc4)C(F)(F)F)nn3)ccn2c1-c1ccc(OC)nc1. The fraction of sp³-hybridized carbons (Fsp3) is 0.273. The average Bonchev–Trinajstić information content (AvgIpc) is 3.72. The molecule has 1 unspecified atom stereocenters. The number of non-ortho nitro benzene ring substituents is 1. The van der Waals surface area contributed by atoms with Gasteiger partial charge in [-0.3, -0.25) is 14.9 Å². The van der Waals surface area contributed by atoms with Crippen LogP contribution in [0.15, 0.2) is 67.1 Å². The van der Waals surface area contributed by atoms with Crippen LogP contribution in [0.2, 0.25) is 0 Å². The van der Waals surface area contributed by atoms with Crippen LogP contribution < -0.4 is 4.74 Å². The molecule has 53 heavy (non-hydrogen) atoms. The van der Waals surface area contributed by atoms with Crippen molar-refractivity contribution in [3.8, 4) is 17.1 Å². The highest BCUT2D eigenvalue weighted by atomic mass is 19.4. The molecule has 4 heterocycles. The van der Waals surface area contributed by atoms with E-state index in [9.17, 15) is 50.8 Å². The number of fused-ring (bicyclic) bond motifs is 1. The second-order valence-corrected chi connectivity index (χ2v) is 11.2. The quantitative estimate of drug-likeness (QED) is 0.0448. The van der Waals surface area contributed by atoms with Crippen molar-refractivity contribution in [3.63, 3.8) is 0 Å². The fourth-order valence-corrected chi connectivity index (χ4v) is 5.49. The molecule has 0 aliphatic rings. The molecule has 1 aromatic carbocycles. The molecule has 0 fully saturated rings. The third-order valence-corrected chi connectivity index (χ3v) is 8.02. The minimum atomic E-state index is -5.44. The van der Waals surface area contributed by atoms with Gasteiger partial charge < -0.3 is 18.6 Å². The van der Waals surface area contributed by atoms with E-state index < -0.39 is 87.2 Å². The van der Waals surface area contributed by atoms with E-state index in [2.05, 4.69) is 15.3 Å². The van der Waals surface area contributed by atoms with Gasteiger partial charge in [-0.05, 0) is 49.2 Å². The van der Waals surface area contributed by atoms with Crippen molar-refractivity contribution in [1.82, 2.24) is 24.4 Å². The van der Waals surface area contributed by atoms with Crippen LogP contribution in [0, 0.1) is 10.1 Å². The number of carbonyl (C=O) groups excluding carboxylic acids is 3. The first-order chi connectivity index (χ1) is 24.9. The monoisotopic (exact) mass is 748 g/mol. The number of hydrogen-bond donors (Lipinski definition) is 0. The molecular formula is C33H26F6N6O8. The Morgan fingerprint density at radius 3 is 2.19 bits per heavy atom. The summed E-state index contributed by atoms with van der Waals surface area (Å²) in [6, 6.07) is 8.93. The van der Waals surface area contributed by atoms with Gasteiger partial charge in [0.2, 0.25) is 5.88 Å². The third-order valence-electron chi connectivity index (χ3n) is 8.02. The fourth-order valence-electron chi connectivity index (χ4n) is 5.49. The summed E-state index contributed by atoms with van der Waals surface area (Å²) in [6.45, 7) is 1.83. The van der Waals surface area contributed by atoms with Crippen LogP contribution in [-0.2, 0) is 21.6 Å². The molecule has 5 aromatic rings. The van der Waals surface area contributed by atoms with Crippen LogP contribution in [0.3, 0.4) is 0 Å². The number of benzene rings is 1. The number of halogens is 6. The van der Waals surface area contributed by atoms with Gasteiger partial charge in [-0.1, -0.05) is 12.1 Å². The number of esters is 2. The summed E-state index contributed by atoms with van der Waals surface area (Å²) >= 11 is 0. The molecule has 278 valence electrons. The normalized spacial score (nSPS) is 13.0. The lowest BCUT2D eigenvalue weighted by Crippen LogP contribution is -2.46. The average molecular weight is 749 g/mol. The molecule has 1 atom stereocenters. The number of alkyl halides is 6. The molecule has 5 rings (SSSR count). The molecule has 14 nitrogen and oxygen atoms in total. The first-order valence-corrected chi connectivity index (χ1v) is 15.4. The number of carbonyl (C=O) groups is 3. The topological polar surface area (TPSA) is 170 Å². The van der Waals surface area contributed by atoms with Gasteiger partial charge in [0, 0.05) is 36.2 Å². The first-order valence-electron chi connectivity index (χ1n) is 15.4. The smallest absolute Gasteiger partial charge is 0.454 e. The van der Waals surface area contributed by atoms with Gasteiger partial charge in [0.25, 0.3) is 17.1 Å². The van der Waals surface area contributed by atoms with Gasteiger partial charge in [0.05, 0.1) is 59.3 Å². The molecule has 0 radical (unpaired) electrons. The van der Waals surface area contributed by atoms with Gasteiger partial charge in [-0.2, -0.15) is 26.3 Å².